The van der Waals surface area contributed by atoms with Crippen LogP contribution in [0.5, 0.6) is 0 Å². The van der Waals surface area contributed by atoms with Crippen molar-refractivity contribution in [3.8, 4) is 0 Å². The molecule has 3 heterocycles. The Kier molecular flexibility index (Phi) is 4.82. The van der Waals surface area contributed by atoms with E-state index in [1.807, 2.05) is 30.9 Å². The quantitative estimate of drug-likeness (QED) is 0.844. The molecule has 2 fully saturated rings. The van der Waals surface area contributed by atoms with E-state index < -0.39 is 0 Å². The molecule has 2 amide bonds. The minimum atomic E-state index is -0.120. The Morgan fingerprint density at radius 1 is 1.33 bits per heavy atom. The predicted molar refractivity (Wildman–Crippen MR) is 101 cm³/mol. The van der Waals surface area contributed by atoms with Crippen molar-refractivity contribution in [1.29, 1.82) is 0 Å². The summed E-state index contributed by atoms with van der Waals surface area (Å²) >= 11 is 6.01. The molecule has 2 aromatic rings. The van der Waals surface area contributed by atoms with E-state index in [0.29, 0.717) is 43.0 Å². The van der Waals surface area contributed by atoms with Crippen LogP contribution in [0.15, 0.2) is 22.7 Å². The zero-order chi connectivity index (χ0) is 19.0. The van der Waals surface area contributed by atoms with Crippen LogP contribution >= 0.6 is 11.6 Å². The van der Waals surface area contributed by atoms with E-state index in [4.69, 9.17) is 20.9 Å². The van der Waals surface area contributed by atoms with Crippen LogP contribution in [-0.4, -0.2) is 47.4 Å². The van der Waals surface area contributed by atoms with E-state index in [1.165, 1.54) is 0 Å². The molecule has 2 saturated heterocycles. The Balaban J connectivity index is 1.56. The van der Waals surface area contributed by atoms with E-state index in [0.717, 1.165) is 24.1 Å². The lowest BCUT2D eigenvalue weighted by atomic mass is 9.72. The number of likely N-dealkylation sites (tertiary alicyclic amines) is 1. The normalized spacial score (nSPS) is 21.6. The molecule has 27 heavy (non-hydrogen) atoms. The Bertz CT molecular complexity index is 847. The number of nitrogens with zero attached hydrogens (tertiary/aromatic N) is 3. The first-order valence-electron chi connectivity index (χ1n) is 9.17. The number of carbonyl (C=O) groups is 1. The van der Waals surface area contributed by atoms with E-state index in [-0.39, 0.29) is 17.4 Å². The minimum absolute atomic E-state index is 0.0275. The number of rotatable bonds is 2. The number of nitrogens with one attached hydrogen (secondary N) is 1. The second-order valence-corrected chi connectivity index (χ2v) is 7.91. The second-order valence-electron chi connectivity index (χ2n) is 7.48. The Morgan fingerprint density at radius 2 is 2.11 bits per heavy atom. The van der Waals surface area contributed by atoms with E-state index >= 15 is 0 Å². The van der Waals surface area contributed by atoms with Crippen LogP contribution in [0.25, 0.3) is 0 Å². The van der Waals surface area contributed by atoms with Crippen LogP contribution in [0, 0.1) is 19.3 Å². The summed E-state index contributed by atoms with van der Waals surface area (Å²) in [6.07, 6.45) is 1.76. The number of halogens is 1. The molecule has 1 spiro atoms. The highest BCUT2D eigenvalue weighted by molar-refractivity contribution is 6.30. The third-order valence-electron chi connectivity index (χ3n) is 5.70. The molecule has 2 aliphatic rings. The van der Waals surface area contributed by atoms with E-state index in [9.17, 15) is 4.79 Å². The maximum Gasteiger partial charge on any atom is 0.321 e. The van der Waals surface area contributed by atoms with Gasteiger partial charge in [0.15, 0.2) is 5.82 Å². The molecular formula is C19H23ClN4O3. The van der Waals surface area contributed by atoms with Crippen molar-refractivity contribution in [2.24, 2.45) is 5.41 Å². The third kappa shape index (κ3) is 3.53. The van der Waals surface area contributed by atoms with Crippen molar-refractivity contribution in [2.45, 2.75) is 32.6 Å². The monoisotopic (exact) mass is 390 g/mol. The van der Waals surface area contributed by atoms with Crippen LogP contribution in [-0.2, 0) is 4.74 Å². The smallest absolute Gasteiger partial charge is 0.321 e. The van der Waals surface area contributed by atoms with Crippen LogP contribution in [0.2, 0.25) is 5.02 Å². The van der Waals surface area contributed by atoms with Crippen LogP contribution in [0.1, 0.15) is 36.0 Å². The average Bonchev–Trinajstić information content (AvgIpc) is 3.22. The molecule has 7 nitrogen and oxygen atoms in total. The number of benzene rings is 1. The van der Waals surface area contributed by atoms with Crippen molar-refractivity contribution in [3.63, 3.8) is 0 Å². The summed E-state index contributed by atoms with van der Waals surface area (Å²) in [4.78, 5) is 19.2. The van der Waals surface area contributed by atoms with Crippen molar-refractivity contribution in [3.05, 3.63) is 40.5 Å². The number of hydrogen-bond acceptors (Lipinski definition) is 5. The summed E-state index contributed by atoms with van der Waals surface area (Å²) in [5.41, 5.74) is 1.62. The van der Waals surface area contributed by atoms with Gasteiger partial charge >= 0.3 is 6.03 Å². The number of hydrogen-bond donors (Lipinski definition) is 1. The molecule has 1 aromatic heterocycles. The molecule has 0 radical (unpaired) electrons. The zero-order valence-corrected chi connectivity index (χ0v) is 16.3. The molecule has 0 unspecified atom stereocenters. The number of carbonyl (C=O) groups excluding carboxylic acids is 1. The maximum absolute atomic E-state index is 12.9. The number of urea groups is 1. The fourth-order valence-electron chi connectivity index (χ4n) is 4.16. The average molecular weight is 391 g/mol. The number of aryl methyl sites for hydroxylation is 2. The highest BCUT2D eigenvalue weighted by Crippen LogP contribution is 2.49. The standard InChI is InChI=1S/C19H23ClN4O3/c1-12-9-14(20)3-4-16(12)22-18(25)24-10-15(17-21-13(2)23-27-17)19(11-24)5-7-26-8-6-19/h3-4,9,15H,5-8,10-11H2,1-2H3,(H,22,25)/t15-/m0/s1. The van der Waals surface area contributed by atoms with Gasteiger partial charge in [-0.25, -0.2) is 4.79 Å². The van der Waals surface area contributed by atoms with Crippen molar-refractivity contribution < 1.29 is 14.1 Å². The molecule has 1 aromatic carbocycles. The van der Waals surface area contributed by atoms with Gasteiger partial charge in [0.25, 0.3) is 0 Å². The Morgan fingerprint density at radius 3 is 2.78 bits per heavy atom. The maximum atomic E-state index is 12.9. The topological polar surface area (TPSA) is 80.5 Å². The zero-order valence-electron chi connectivity index (χ0n) is 15.5. The summed E-state index contributed by atoms with van der Waals surface area (Å²) in [5, 5.41) is 7.61. The van der Waals surface area contributed by atoms with Gasteiger partial charge in [-0.1, -0.05) is 16.8 Å². The van der Waals surface area contributed by atoms with Gasteiger partial charge in [-0.2, -0.15) is 4.98 Å². The molecule has 4 rings (SSSR count). The molecule has 0 saturated carbocycles. The fraction of sp³-hybridized carbons (Fsp3) is 0.526. The fourth-order valence-corrected chi connectivity index (χ4v) is 4.39. The second kappa shape index (κ2) is 7.13. The third-order valence-corrected chi connectivity index (χ3v) is 5.93. The lowest BCUT2D eigenvalue weighted by Gasteiger charge is -2.36. The van der Waals surface area contributed by atoms with Crippen LogP contribution < -0.4 is 5.32 Å². The molecular weight excluding hydrogens is 368 g/mol. The lowest BCUT2D eigenvalue weighted by molar-refractivity contribution is 0.00959. The number of anilines is 1. The van der Waals surface area contributed by atoms with Gasteiger partial charge in [-0.15, -0.1) is 0 Å². The van der Waals surface area contributed by atoms with E-state index in [2.05, 4.69) is 15.5 Å². The molecule has 0 bridgehead atoms. The van der Waals surface area contributed by atoms with Gasteiger partial charge in [0.05, 0.1) is 5.92 Å². The van der Waals surface area contributed by atoms with Gasteiger partial charge in [-0.3, -0.25) is 0 Å². The van der Waals surface area contributed by atoms with Gasteiger partial charge in [0, 0.05) is 42.4 Å². The first-order valence-corrected chi connectivity index (χ1v) is 9.55. The first kappa shape index (κ1) is 18.3. The van der Waals surface area contributed by atoms with E-state index in [1.54, 1.807) is 6.07 Å². The summed E-state index contributed by atoms with van der Waals surface area (Å²) in [7, 11) is 0. The van der Waals surface area contributed by atoms with Gasteiger partial charge in [0.1, 0.15) is 0 Å². The molecule has 1 N–H and O–H groups in total. The van der Waals surface area contributed by atoms with Crippen molar-refractivity contribution in [1.82, 2.24) is 15.0 Å². The van der Waals surface area contributed by atoms with Gasteiger partial charge in [0.2, 0.25) is 5.89 Å². The Hall–Kier alpha value is -2.12. The summed E-state index contributed by atoms with van der Waals surface area (Å²) in [6, 6.07) is 5.32. The summed E-state index contributed by atoms with van der Waals surface area (Å²) in [6.45, 7) is 6.33. The first-order chi connectivity index (χ1) is 13.0. The molecule has 1 atom stereocenters. The minimum Gasteiger partial charge on any atom is -0.381 e. The van der Waals surface area contributed by atoms with Gasteiger partial charge < -0.3 is 19.5 Å². The van der Waals surface area contributed by atoms with Crippen molar-refractivity contribution in [2.75, 3.05) is 31.6 Å². The summed E-state index contributed by atoms with van der Waals surface area (Å²) < 4.78 is 11.0. The lowest BCUT2D eigenvalue weighted by Crippen LogP contribution is -2.38. The number of amides is 2. The highest BCUT2D eigenvalue weighted by Gasteiger charge is 2.51. The van der Waals surface area contributed by atoms with Crippen LogP contribution in [0.4, 0.5) is 10.5 Å². The van der Waals surface area contributed by atoms with Crippen LogP contribution in [0.3, 0.4) is 0 Å². The molecule has 8 heteroatoms. The SMILES string of the molecule is Cc1noc([C@@H]2CN(C(=O)Nc3ccc(Cl)cc3C)CC23CCOCC3)n1. The Labute approximate surface area is 163 Å². The van der Waals surface area contributed by atoms with Crippen molar-refractivity contribution >= 4 is 23.3 Å². The number of aromatic nitrogens is 2. The summed E-state index contributed by atoms with van der Waals surface area (Å²) in [5.74, 6) is 1.26. The highest BCUT2D eigenvalue weighted by atomic mass is 35.5. The largest absolute Gasteiger partial charge is 0.381 e. The molecule has 0 aliphatic carbocycles. The predicted octanol–water partition coefficient (Wildman–Crippen LogP) is 3.77. The molecule has 2 aliphatic heterocycles. The number of ether oxygens (including phenoxy) is 1. The molecule has 144 valence electrons. The van der Waals surface area contributed by atoms with Gasteiger partial charge in [-0.05, 0) is 50.5 Å².